The summed E-state index contributed by atoms with van der Waals surface area (Å²) in [5, 5.41) is 10.5. The van der Waals surface area contributed by atoms with Gasteiger partial charge < -0.3 is 10.5 Å². The predicted octanol–water partition coefficient (Wildman–Crippen LogP) is 1.58. The highest BCUT2D eigenvalue weighted by Gasteiger charge is 2.29. The van der Waals surface area contributed by atoms with Gasteiger partial charge in [-0.25, -0.2) is 0 Å². The van der Waals surface area contributed by atoms with E-state index >= 15 is 0 Å². The first-order valence-corrected chi connectivity index (χ1v) is 6.10. The number of benzene rings is 1. The van der Waals surface area contributed by atoms with Gasteiger partial charge >= 0.3 is 5.97 Å². The Labute approximate surface area is 109 Å². The summed E-state index contributed by atoms with van der Waals surface area (Å²) < 4.78 is 4.59. The van der Waals surface area contributed by atoms with Crippen LogP contribution in [0.1, 0.15) is 6.92 Å². The number of ether oxygens (including phenoxy) is 1. The Morgan fingerprint density at radius 1 is 1.50 bits per heavy atom. The van der Waals surface area contributed by atoms with Gasteiger partial charge in [-0.2, -0.15) is 0 Å². The van der Waals surface area contributed by atoms with E-state index in [1.807, 2.05) is 0 Å². The van der Waals surface area contributed by atoms with Crippen LogP contribution in [-0.2, 0) is 9.53 Å². The van der Waals surface area contributed by atoms with Crippen molar-refractivity contribution in [2.75, 3.05) is 12.9 Å². The third-order valence-electron chi connectivity index (χ3n) is 2.24. The molecule has 0 amide bonds. The molecule has 0 fully saturated rings. The van der Waals surface area contributed by atoms with E-state index in [9.17, 15) is 14.9 Å². The fraction of sp³-hybridized carbons (Fsp3) is 0.364. The summed E-state index contributed by atoms with van der Waals surface area (Å²) in [6.07, 6.45) is 0. The summed E-state index contributed by atoms with van der Waals surface area (Å²) in [6, 6.07) is 6.06. The highest BCUT2D eigenvalue weighted by atomic mass is 32.2. The summed E-state index contributed by atoms with van der Waals surface area (Å²) in [5.74, 6) is -0.158. The molecular weight excluding hydrogens is 256 g/mol. The van der Waals surface area contributed by atoms with Gasteiger partial charge in [-0.3, -0.25) is 14.9 Å². The molecule has 1 rings (SSSR count). The molecule has 1 aromatic carbocycles. The smallest absolute Gasteiger partial charge is 0.326 e. The van der Waals surface area contributed by atoms with Crippen LogP contribution >= 0.6 is 11.8 Å². The van der Waals surface area contributed by atoms with Gasteiger partial charge in [0.1, 0.15) is 5.54 Å². The predicted molar refractivity (Wildman–Crippen MR) is 68.4 cm³/mol. The summed E-state index contributed by atoms with van der Waals surface area (Å²) in [5.41, 5.74) is 4.74. The van der Waals surface area contributed by atoms with Crippen molar-refractivity contribution in [2.24, 2.45) is 5.73 Å². The van der Waals surface area contributed by atoms with Crippen molar-refractivity contribution in [3.05, 3.63) is 34.4 Å². The molecule has 0 aliphatic rings. The molecule has 0 spiro atoms. The molecule has 0 aromatic heterocycles. The SMILES string of the molecule is COC(=O)C(C)(N)CSc1ccc([N+](=O)[O-])cc1. The zero-order valence-electron chi connectivity index (χ0n) is 10.1. The zero-order chi connectivity index (χ0) is 13.8. The second-order valence-electron chi connectivity index (χ2n) is 3.95. The molecule has 6 nitrogen and oxygen atoms in total. The minimum atomic E-state index is -1.08. The monoisotopic (exact) mass is 270 g/mol. The number of methoxy groups -OCH3 is 1. The van der Waals surface area contributed by atoms with Crippen molar-refractivity contribution in [2.45, 2.75) is 17.4 Å². The maximum atomic E-state index is 11.3. The molecule has 1 unspecified atom stereocenters. The number of thioether (sulfide) groups is 1. The Bertz CT molecular complexity index is 445. The molecule has 0 saturated carbocycles. The number of nitro benzene ring substituents is 1. The topological polar surface area (TPSA) is 95.5 Å². The van der Waals surface area contributed by atoms with Gasteiger partial charge in [0.25, 0.3) is 5.69 Å². The zero-order valence-corrected chi connectivity index (χ0v) is 10.9. The van der Waals surface area contributed by atoms with E-state index in [1.165, 1.54) is 31.0 Å². The second kappa shape index (κ2) is 5.83. The van der Waals surface area contributed by atoms with Crippen LogP contribution < -0.4 is 5.73 Å². The molecule has 0 saturated heterocycles. The van der Waals surface area contributed by atoms with Crippen LogP contribution in [0.3, 0.4) is 0 Å². The Morgan fingerprint density at radius 2 is 2.06 bits per heavy atom. The molecule has 1 atom stereocenters. The Hall–Kier alpha value is -1.60. The van der Waals surface area contributed by atoms with Crippen molar-refractivity contribution in [1.82, 2.24) is 0 Å². The number of carbonyl (C=O) groups is 1. The Balaban J connectivity index is 2.64. The van der Waals surface area contributed by atoms with Gasteiger partial charge in [0.15, 0.2) is 0 Å². The maximum absolute atomic E-state index is 11.3. The molecule has 0 heterocycles. The highest BCUT2D eigenvalue weighted by molar-refractivity contribution is 7.99. The number of rotatable bonds is 5. The fourth-order valence-electron chi connectivity index (χ4n) is 1.19. The van der Waals surface area contributed by atoms with Gasteiger partial charge in [0, 0.05) is 22.8 Å². The van der Waals surface area contributed by atoms with Crippen molar-refractivity contribution in [3.63, 3.8) is 0 Å². The second-order valence-corrected chi connectivity index (χ2v) is 5.00. The minimum Gasteiger partial charge on any atom is -0.468 e. The molecule has 7 heteroatoms. The van der Waals surface area contributed by atoms with E-state index in [1.54, 1.807) is 19.1 Å². The molecular formula is C11H14N2O4S. The molecule has 0 aliphatic carbocycles. The number of esters is 1. The lowest BCUT2D eigenvalue weighted by molar-refractivity contribution is -0.384. The van der Waals surface area contributed by atoms with Crippen LogP contribution in [0.5, 0.6) is 0 Å². The third kappa shape index (κ3) is 3.71. The fourth-order valence-corrected chi connectivity index (χ4v) is 2.10. The number of hydrogen-bond acceptors (Lipinski definition) is 6. The molecule has 0 radical (unpaired) electrons. The van der Waals surface area contributed by atoms with E-state index < -0.39 is 16.4 Å². The molecule has 0 aliphatic heterocycles. The van der Waals surface area contributed by atoms with E-state index in [0.29, 0.717) is 5.75 Å². The molecule has 2 N–H and O–H groups in total. The first kappa shape index (κ1) is 14.5. The summed E-state index contributed by atoms with van der Waals surface area (Å²) in [7, 11) is 1.28. The number of non-ortho nitro benzene ring substituents is 1. The molecule has 1 aromatic rings. The quantitative estimate of drug-likeness (QED) is 0.377. The highest BCUT2D eigenvalue weighted by Crippen LogP contribution is 2.24. The van der Waals surface area contributed by atoms with Crippen LogP contribution in [-0.4, -0.2) is 29.3 Å². The normalized spacial score (nSPS) is 13.7. The number of nitro groups is 1. The average Bonchev–Trinajstić information content (AvgIpc) is 2.35. The maximum Gasteiger partial charge on any atom is 0.326 e. The summed E-state index contributed by atoms with van der Waals surface area (Å²) in [6.45, 7) is 1.58. The van der Waals surface area contributed by atoms with Crippen LogP contribution in [0, 0.1) is 10.1 Å². The molecule has 0 bridgehead atoms. The number of hydrogen-bond donors (Lipinski definition) is 1. The molecule has 98 valence electrons. The number of carbonyl (C=O) groups excluding carboxylic acids is 1. The van der Waals surface area contributed by atoms with Gasteiger partial charge in [-0.1, -0.05) is 0 Å². The van der Waals surface area contributed by atoms with Gasteiger partial charge in [0.2, 0.25) is 0 Å². The first-order valence-electron chi connectivity index (χ1n) is 5.11. The standard InChI is InChI=1S/C11H14N2O4S/c1-11(12,10(14)17-2)7-18-9-5-3-8(4-6-9)13(15)16/h3-6H,7,12H2,1-2H3. The van der Waals surface area contributed by atoms with E-state index in [0.717, 1.165) is 4.90 Å². The lowest BCUT2D eigenvalue weighted by Crippen LogP contribution is -2.48. The van der Waals surface area contributed by atoms with Crippen molar-refractivity contribution >= 4 is 23.4 Å². The lowest BCUT2D eigenvalue weighted by Gasteiger charge is -2.20. The van der Waals surface area contributed by atoms with Crippen LogP contribution in [0.15, 0.2) is 29.2 Å². The van der Waals surface area contributed by atoms with Crippen LogP contribution in [0.4, 0.5) is 5.69 Å². The first-order chi connectivity index (χ1) is 8.36. The van der Waals surface area contributed by atoms with Gasteiger partial charge in [-0.15, -0.1) is 11.8 Å². The van der Waals surface area contributed by atoms with E-state index in [4.69, 9.17) is 5.73 Å². The summed E-state index contributed by atoms with van der Waals surface area (Å²) in [4.78, 5) is 22.2. The van der Waals surface area contributed by atoms with Gasteiger partial charge in [-0.05, 0) is 19.1 Å². The van der Waals surface area contributed by atoms with Crippen molar-refractivity contribution in [1.29, 1.82) is 0 Å². The summed E-state index contributed by atoms with van der Waals surface area (Å²) >= 11 is 1.34. The van der Waals surface area contributed by atoms with Crippen LogP contribution in [0.2, 0.25) is 0 Å². The van der Waals surface area contributed by atoms with Crippen molar-refractivity contribution < 1.29 is 14.5 Å². The van der Waals surface area contributed by atoms with Gasteiger partial charge in [0.05, 0.1) is 12.0 Å². The van der Waals surface area contributed by atoms with Crippen molar-refractivity contribution in [3.8, 4) is 0 Å². The Kier molecular flexibility index (Phi) is 4.69. The molecule has 18 heavy (non-hydrogen) atoms. The third-order valence-corrected chi connectivity index (χ3v) is 3.59. The Morgan fingerprint density at radius 3 is 2.50 bits per heavy atom. The van der Waals surface area contributed by atoms with E-state index in [2.05, 4.69) is 4.74 Å². The number of nitrogens with two attached hydrogens (primary N) is 1. The van der Waals surface area contributed by atoms with Crippen LogP contribution in [0.25, 0.3) is 0 Å². The average molecular weight is 270 g/mol. The van der Waals surface area contributed by atoms with E-state index in [-0.39, 0.29) is 5.69 Å². The minimum absolute atomic E-state index is 0.0304. The largest absolute Gasteiger partial charge is 0.468 e. The lowest BCUT2D eigenvalue weighted by atomic mass is 10.1. The number of nitrogens with zero attached hydrogens (tertiary/aromatic N) is 1.